The fourth-order valence-corrected chi connectivity index (χ4v) is 1.83. The maximum atomic E-state index is 11.8. The summed E-state index contributed by atoms with van der Waals surface area (Å²) in [6, 6.07) is 1.50. The van der Waals surface area contributed by atoms with Gasteiger partial charge >= 0.3 is 5.69 Å². The van der Waals surface area contributed by atoms with Crippen LogP contribution in [0.25, 0.3) is 5.57 Å². The molecule has 0 N–H and O–H groups in total. The largest absolute Gasteiger partial charge is 0.330 e. The summed E-state index contributed by atoms with van der Waals surface area (Å²) in [6.07, 6.45) is 2.06. The van der Waals surface area contributed by atoms with E-state index in [4.69, 9.17) is 0 Å². The van der Waals surface area contributed by atoms with Crippen LogP contribution in [0.4, 0.5) is 0 Å². The second-order valence-corrected chi connectivity index (χ2v) is 5.46. The summed E-state index contributed by atoms with van der Waals surface area (Å²) in [6.45, 7) is 8.15. The highest BCUT2D eigenvalue weighted by Gasteiger charge is 2.11. The van der Waals surface area contributed by atoms with E-state index in [1.54, 1.807) is 7.05 Å². The third-order valence-corrected chi connectivity index (χ3v) is 2.58. The predicted molar refractivity (Wildman–Crippen MR) is 70.0 cm³/mol. The monoisotopic (exact) mass is 236 g/mol. The molecule has 0 aromatic carbocycles. The fraction of sp³-hybridized carbons (Fsp3) is 0.538. The SMILES string of the molecule is C/C(=C\C(C)(C)C)c1cc(=O)n(C)c(=O)n1C. The van der Waals surface area contributed by atoms with Crippen LogP contribution in [0.3, 0.4) is 0 Å². The first-order chi connectivity index (χ1) is 7.63. The van der Waals surface area contributed by atoms with Gasteiger partial charge in [0.05, 0.1) is 5.69 Å². The van der Waals surface area contributed by atoms with Crippen LogP contribution in [0.1, 0.15) is 33.4 Å². The molecular weight excluding hydrogens is 216 g/mol. The third-order valence-electron chi connectivity index (χ3n) is 2.58. The maximum absolute atomic E-state index is 11.8. The highest BCUT2D eigenvalue weighted by Crippen LogP contribution is 2.21. The van der Waals surface area contributed by atoms with Gasteiger partial charge < -0.3 is 0 Å². The average molecular weight is 236 g/mol. The van der Waals surface area contributed by atoms with E-state index in [0.717, 1.165) is 10.1 Å². The molecule has 0 bridgehead atoms. The van der Waals surface area contributed by atoms with E-state index >= 15 is 0 Å². The number of nitrogens with zero attached hydrogens (tertiary/aromatic N) is 2. The lowest BCUT2D eigenvalue weighted by molar-refractivity contribution is 0.544. The Labute approximate surface area is 101 Å². The molecule has 4 nitrogen and oxygen atoms in total. The molecule has 0 spiro atoms. The van der Waals surface area contributed by atoms with E-state index in [-0.39, 0.29) is 16.7 Å². The minimum Gasteiger partial charge on any atom is -0.297 e. The van der Waals surface area contributed by atoms with Crippen LogP contribution in [0, 0.1) is 5.41 Å². The Morgan fingerprint density at radius 2 is 1.71 bits per heavy atom. The molecule has 0 fully saturated rings. The number of aromatic nitrogens is 2. The Morgan fingerprint density at radius 3 is 2.18 bits per heavy atom. The van der Waals surface area contributed by atoms with Gasteiger partial charge in [-0.15, -0.1) is 0 Å². The lowest BCUT2D eigenvalue weighted by atomic mass is 9.93. The molecule has 1 heterocycles. The van der Waals surface area contributed by atoms with Gasteiger partial charge in [0.1, 0.15) is 0 Å². The van der Waals surface area contributed by atoms with Crippen molar-refractivity contribution in [2.24, 2.45) is 19.5 Å². The van der Waals surface area contributed by atoms with E-state index in [9.17, 15) is 9.59 Å². The van der Waals surface area contributed by atoms with Crippen molar-refractivity contribution in [3.05, 3.63) is 38.7 Å². The van der Waals surface area contributed by atoms with Crippen molar-refractivity contribution < 1.29 is 0 Å². The number of allylic oxidation sites excluding steroid dienone is 2. The van der Waals surface area contributed by atoms with Gasteiger partial charge in [-0.2, -0.15) is 0 Å². The van der Waals surface area contributed by atoms with Gasteiger partial charge in [0, 0.05) is 20.2 Å². The third kappa shape index (κ3) is 2.96. The quantitative estimate of drug-likeness (QED) is 0.742. The zero-order chi connectivity index (χ0) is 13.4. The normalized spacial score (nSPS) is 12.9. The molecule has 0 saturated carbocycles. The fourth-order valence-electron chi connectivity index (χ4n) is 1.83. The highest BCUT2D eigenvalue weighted by atomic mass is 16.2. The Balaban J connectivity index is 3.50. The Bertz CT molecular complexity index is 569. The lowest BCUT2D eigenvalue weighted by Gasteiger charge is -2.16. The number of rotatable bonds is 1. The molecule has 94 valence electrons. The van der Waals surface area contributed by atoms with Crippen molar-refractivity contribution in [1.29, 1.82) is 0 Å². The van der Waals surface area contributed by atoms with Gasteiger partial charge in [0.15, 0.2) is 0 Å². The van der Waals surface area contributed by atoms with E-state index in [0.29, 0.717) is 5.69 Å². The van der Waals surface area contributed by atoms with Crippen molar-refractivity contribution in [3.63, 3.8) is 0 Å². The standard InChI is InChI=1S/C13H20N2O2/c1-9(8-13(2,3)4)10-7-11(16)15(6)12(17)14(10)5/h7-8H,1-6H3/b9-8+. The Hall–Kier alpha value is -1.58. The molecule has 4 heteroatoms. The summed E-state index contributed by atoms with van der Waals surface area (Å²) in [5.41, 5.74) is 1.06. The van der Waals surface area contributed by atoms with Gasteiger partial charge in [0.2, 0.25) is 0 Å². The molecule has 0 unspecified atom stereocenters. The van der Waals surface area contributed by atoms with E-state index in [1.165, 1.54) is 17.7 Å². The molecule has 0 aliphatic carbocycles. The topological polar surface area (TPSA) is 44.0 Å². The summed E-state index contributed by atoms with van der Waals surface area (Å²) in [7, 11) is 3.16. The summed E-state index contributed by atoms with van der Waals surface area (Å²) >= 11 is 0. The van der Waals surface area contributed by atoms with Crippen LogP contribution in [0.2, 0.25) is 0 Å². The summed E-state index contributed by atoms with van der Waals surface area (Å²) in [4.78, 5) is 23.4. The first-order valence-corrected chi connectivity index (χ1v) is 5.60. The summed E-state index contributed by atoms with van der Waals surface area (Å²) in [5.74, 6) is 0. The zero-order valence-corrected chi connectivity index (χ0v) is 11.4. The zero-order valence-electron chi connectivity index (χ0n) is 11.4. The second-order valence-electron chi connectivity index (χ2n) is 5.46. The highest BCUT2D eigenvalue weighted by molar-refractivity contribution is 5.61. The van der Waals surface area contributed by atoms with Crippen molar-refractivity contribution in [2.75, 3.05) is 0 Å². The average Bonchev–Trinajstić information content (AvgIpc) is 2.17. The van der Waals surface area contributed by atoms with Crippen LogP contribution in [-0.2, 0) is 14.1 Å². The lowest BCUT2D eigenvalue weighted by Crippen LogP contribution is -2.37. The van der Waals surface area contributed by atoms with Crippen LogP contribution < -0.4 is 11.2 Å². The van der Waals surface area contributed by atoms with Crippen LogP contribution in [0.5, 0.6) is 0 Å². The first-order valence-electron chi connectivity index (χ1n) is 5.60. The molecule has 0 amide bonds. The maximum Gasteiger partial charge on any atom is 0.330 e. The van der Waals surface area contributed by atoms with Crippen LogP contribution >= 0.6 is 0 Å². The Morgan fingerprint density at radius 1 is 1.18 bits per heavy atom. The summed E-state index contributed by atoms with van der Waals surface area (Å²) in [5, 5.41) is 0. The molecule has 0 atom stereocenters. The van der Waals surface area contributed by atoms with Crippen molar-refractivity contribution in [2.45, 2.75) is 27.7 Å². The van der Waals surface area contributed by atoms with Gasteiger partial charge in [-0.05, 0) is 17.9 Å². The molecule has 17 heavy (non-hydrogen) atoms. The second kappa shape index (κ2) is 4.35. The van der Waals surface area contributed by atoms with E-state index in [2.05, 4.69) is 26.8 Å². The van der Waals surface area contributed by atoms with Crippen molar-refractivity contribution in [1.82, 2.24) is 9.13 Å². The smallest absolute Gasteiger partial charge is 0.297 e. The molecule has 0 aliphatic rings. The van der Waals surface area contributed by atoms with Gasteiger partial charge in [-0.1, -0.05) is 26.8 Å². The number of hydrogen-bond acceptors (Lipinski definition) is 2. The molecule has 1 aromatic heterocycles. The first kappa shape index (κ1) is 13.5. The predicted octanol–water partition coefficient (Wildman–Crippen LogP) is 1.53. The molecule has 0 radical (unpaired) electrons. The van der Waals surface area contributed by atoms with Crippen LogP contribution in [-0.4, -0.2) is 9.13 Å². The van der Waals surface area contributed by atoms with Crippen molar-refractivity contribution >= 4 is 5.57 Å². The molecule has 1 aromatic rings. The molecule has 0 saturated heterocycles. The number of hydrogen-bond donors (Lipinski definition) is 0. The van der Waals surface area contributed by atoms with Gasteiger partial charge in [-0.25, -0.2) is 4.79 Å². The summed E-state index contributed by atoms with van der Waals surface area (Å²) < 4.78 is 2.60. The van der Waals surface area contributed by atoms with Crippen molar-refractivity contribution in [3.8, 4) is 0 Å². The Kier molecular flexibility index (Phi) is 3.45. The minimum absolute atomic E-state index is 0.0151. The molecular formula is C13H20N2O2. The van der Waals surface area contributed by atoms with E-state index in [1.807, 2.05) is 6.92 Å². The minimum atomic E-state index is -0.297. The van der Waals surface area contributed by atoms with Gasteiger partial charge in [0.25, 0.3) is 5.56 Å². The van der Waals surface area contributed by atoms with Crippen LogP contribution in [0.15, 0.2) is 21.7 Å². The van der Waals surface area contributed by atoms with Gasteiger partial charge in [-0.3, -0.25) is 13.9 Å². The van der Waals surface area contributed by atoms with E-state index < -0.39 is 0 Å². The molecule has 1 rings (SSSR count). The molecule has 0 aliphatic heterocycles.